The molecule has 0 aromatic rings. The molecule has 7 heavy (non-hydrogen) atoms. The Morgan fingerprint density at radius 1 is 0.857 bits per heavy atom. The van der Waals surface area contributed by atoms with Crippen molar-refractivity contribution in [2.24, 2.45) is 0 Å². The summed E-state index contributed by atoms with van der Waals surface area (Å²) in [6.07, 6.45) is 0. The first kappa shape index (κ1) is 16.1. The Morgan fingerprint density at radius 3 is 0.857 bits per heavy atom. The summed E-state index contributed by atoms with van der Waals surface area (Å²) in [5.74, 6) is 0. The van der Waals surface area contributed by atoms with Crippen LogP contribution < -0.4 is 0 Å². The van der Waals surface area contributed by atoms with Crippen LogP contribution in [0.4, 0.5) is 0 Å². The SMILES string of the molecule is O[Si](O)(O)O.[Gd].[Sc]. The molecule has 43 valence electrons. The molecule has 0 fully saturated rings. The molecular weight excluding hydrogens is 294 g/mol. The van der Waals surface area contributed by atoms with E-state index in [4.69, 9.17) is 19.2 Å². The Labute approximate surface area is 92.5 Å². The van der Waals surface area contributed by atoms with Crippen LogP contribution in [0.3, 0.4) is 0 Å². The van der Waals surface area contributed by atoms with Crippen LogP contribution in [0.1, 0.15) is 0 Å². The molecule has 0 heterocycles. The molecule has 0 rings (SSSR count). The zero-order valence-electron chi connectivity index (χ0n) is 3.22. The minimum Gasteiger partial charge on any atom is -0.368 e. The van der Waals surface area contributed by atoms with Crippen LogP contribution in [-0.4, -0.2) is 28.2 Å². The molecule has 4 N–H and O–H groups in total. The van der Waals surface area contributed by atoms with E-state index in [1.54, 1.807) is 0 Å². The molecule has 0 saturated carbocycles. The van der Waals surface area contributed by atoms with Crippen molar-refractivity contribution in [3.63, 3.8) is 0 Å². The summed E-state index contributed by atoms with van der Waals surface area (Å²) in [4.78, 5) is 29.3. The van der Waals surface area contributed by atoms with Gasteiger partial charge in [-0.1, -0.05) is 0 Å². The van der Waals surface area contributed by atoms with Gasteiger partial charge in [0, 0.05) is 65.8 Å². The molecule has 0 amide bonds. The average molecular weight is 298 g/mol. The molecule has 4 nitrogen and oxygen atoms in total. The van der Waals surface area contributed by atoms with Crippen LogP contribution in [0.2, 0.25) is 0 Å². The maximum Gasteiger partial charge on any atom is 0.668 e. The molecule has 7 heteroatoms. The first-order valence-corrected chi connectivity index (χ1v) is 2.68. The molecule has 0 unspecified atom stereocenters. The minimum atomic E-state index is -4.61. The fraction of sp³-hybridized carbons (Fsp3) is 0. The molecule has 0 aliphatic heterocycles. The van der Waals surface area contributed by atoms with Gasteiger partial charge < -0.3 is 19.2 Å². The van der Waals surface area contributed by atoms with Gasteiger partial charge in [0.15, 0.2) is 0 Å². The molecule has 0 aliphatic carbocycles. The third-order valence-electron chi connectivity index (χ3n) is 0. The summed E-state index contributed by atoms with van der Waals surface area (Å²) in [5, 5.41) is 0. The normalized spacial score (nSPS) is 8.57. The topological polar surface area (TPSA) is 80.9 Å². The fourth-order valence-corrected chi connectivity index (χ4v) is 0. The van der Waals surface area contributed by atoms with Gasteiger partial charge in [0.1, 0.15) is 0 Å². The Morgan fingerprint density at radius 2 is 0.857 bits per heavy atom. The van der Waals surface area contributed by atoms with E-state index in [2.05, 4.69) is 0 Å². The van der Waals surface area contributed by atoms with E-state index in [9.17, 15) is 0 Å². The minimum absolute atomic E-state index is 0. The fourth-order valence-electron chi connectivity index (χ4n) is 0. The Bertz CT molecular complexity index is 27.2. The van der Waals surface area contributed by atoms with Crippen molar-refractivity contribution in [1.82, 2.24) is 0 Å². The zero-order chi connectivity index (χ0) is 4.50. The number of rotatable bonds is 0. The van der Waals surface area contributed by atoms with E-state index in [-0.39, 0.29) is 65.8 Å². The van der Waals surface area contributed by atoms with E-state index in [1.807, 2.05) is 0 Å². The van der Waals surface area contributed by atoms with E-state index in [1.165, 1.54) is 0 Å². The van der Waals surface area contributed by atoms with Crippen LogP contribution in [0.25, 0.3) is 0 Å². The monoisotopic (exact) mass is 299 g/mol. The molecule has 0 aliphatic rings. The Hall–Kier alpha value is 2.25. The van der Waals surface area contributed by atoms with Gasteiger partial charge >= 0.3 is 9.05 Å². The summed E-state index contributed by atoms with van der Waals surface area (Å²) >= 11 is 0. The number of hydrogen-bond acceptors (Lipinski definition) is 4. The van der Waals surface area contributed by atoms with E-state index in [0.29, 0.717) is 0 Å². The van der Waals surface area contributed by atoms with Gasteiger partial charge in [0.25, 0.3) is 0 Å². The van der Waals surface area contributed by atoms with Crippen molar-refractivity contribution in [2.75, 3.05) is 0 Å². The summed E-state index contributed by atoms with van der Waals surface area (Å²) in [7, 11) is -4.61. The molecule has 0 aromatic carbocycles. The summed E-state index contributed by atoms with van der Waals surface area (Å²) in [6, 6.07) is 0. The van der Waals surface area contributed by atoms with Gasteiger partial charge in [0.2, 0.25) is 0 Å². The van der Waals surface area contributed by atoms with Gasteiger partial charge in [-0.15, -0.1) is 0 Å². The molecule has 0 saturated heterocycles. The second kappa shape index (κ2) is 6.37. The predicted molar refractivity (Wildman–Crippen MR) is 14.6 cm³/mol. The molecule has 0 bridgehead atoms. The quantitative estimate of drug-likeness (QED) is 0.369. The Balaban J connectivity index is -0.0000000800. The van der Waals surface area contributed by atoms with Gasteiger partial charge in [-0.2, -0.15) is 0 Å². The molecule has 0 atom stereocenters. The average Bonchev–Trinajstić information content (AvgIpc) is 0.722. The smallest absolute Gasteiger partial charge is 0.368 e. The van der Waals surface area contributed by atoms with E-state index in [0.717, 1.165) is 0 Å². The van der Waals surface area contributed by atoms with Gasteiger partial charge in [-0.3, -0.25) is 0 Å². The standard InChI is InChI=1S/Gd.H4O4Si.Sc/c;1-5(2,3)4;/h;1-4H;. The number of hydrogen-bond donors (Lipinski definition) is 4. The first-order chi connectivity index (χ1) is 2.00. The summed E-state index contributed by atoms with van der Waals surface area (Å²) < 4.78 is 0. The third kappa shape index (κ3) is 63.6. The second-order valence-electron chi connectivity index (χ2n) is 0.600. The van der Waals surface area contributed by atoms with Crippen molar-refractivity contribution < 1.29 is 85.0 Å². The van der Waals surface area contributed by atoms with Crippen LogP contribution >= 0.6 is 0 Å². The van der Waals surface area contributed by atoms with Crippen molar-refractivity contribution in [1.29, 1.82) is 0 Å². The van der Waals surface area contributed by atoms with Crippen molar-refractivity contribution in [2.45, 2.75) is 0 Å². The third-order valence-corrected chi connectivity index (χ3v) is 0. The largest absolute Gasteiger partial charge is 0.668 e. The maximum absolute atomic E-state index is 7.33. The Kier molecular flexibility index (Phi) is 14.7. The summed E-state index contributed by atoms with van der Waals surface area (Å²) in [6.45, 7) is 0. The van der Waals surface area contributed by atoms with Crippen LogP contribution in [0.5, 0.6) is 0 Å². The second-order valence-corrected chi connectivity index (χ2v) is 1.80. The summed E-state index contributed by atoms with van der Waals surface area (Å²) in [5.41, 5.74) is 0. The van der Waals surface area contributed by atoms with Crippen molar-refractivity contribution in [3.05, 3.63) is 0 Å². The van der Waals surface area contributed by atoms with Crippen molar-refractivity contribution in [3.8, 4) is 0 Å². The van der Waals surface area contributed by atoms with Crippen LogP contribution in [-0.2, 0) is 25.8 Å². The van der Waals surface area contributed by atoms with Crippen molar-refractivity contribution >= 4 is 9.05 Å². The molecule has 1 radical (unpaired) electrons. The first-order valence-electron chi connectivity index (χ1n) is 0.894. The van der Waals surface area contributed by atoms with Gasteiger partial charge in [0.05, 0.1) is 0 Å². The maximum atomic E-state index is 7.33. The van der Waals surface area contributed by atoms with E-state index < -0.39 is 9.05 Å². The van der Waals surface area contributed by atoms with Gasteiger partial charge in [-0.05, 0) is 0 Å². The molecular formula is H4GdO4ScSi. The zero-order valence-corrected chi connectivity index (χ0v) is 8.29. The van der Waals surface area contributed by atoms with E-state index >= 15 is 0 Å². The molecule has 0 aromatic heterocycles. The van der Waals surface area contributed by atoms with Crippen LogP contribution in [0.15, 0.2) is 0 Å². The van der Waals surface area contributed by atoms with Gasteiger partial charge in [-0.25, -0.2) is 0 Å². The molecule has 0 spiro atoms. The van der Waals surface area contributed by atoms with Crippen LogP contribution in [0, 0.1) is 39.9 Å². The predicted octanol–water partition coefficient (Wildman–Crippen LogP) is -2.61.